The van der Waals surface area contributed by atoms with Gasteiger partial charge in [-0.1, -0.05) is 0 Å². The zero-order chi connectivity index (χ0) is 10.7. The van der Waals surface area contributed by atoms with Crippen molar-refractivity contribution < 1.29 is 9.90 Å². The maximum atomic E-state index is 10.7. The summed E-state index contributed by atoms with van der Waals surface area (Å²) in [4.78, 5) is 18.7. The molecule has 0 amide bonds. The molecular weight excluding hydrogens is 212 g/mol. The second-order valence-corrected chi connectivity index (χ2v) is 3.97. The highest BCUT2D eigenvalue weighted by Gasteiger charge is 2.05. The second kappa shape index (κ2) is 4.18. The summed E-state index contributed by atoms with van der Waals surface area (Å²) in [5, 5.41) is 11.6. The van der Waals surface area contributed by atoms with Crippen molar-refractivity contribution in [2.24, 2.45) is 0 Å². The molecule has 0 aromatic carbocycles. The lowest BCUT2D eigenvalue weighted by atomic mass is 10.1. The van der Waals surface area contributed by atoms with Crippen molar-refractivity contribution in [3.63, 3.8) is 0 Å². The van der Waals surface area contributed by atoms with E-state index in [1.54, 1.807) is 29.8 Å². The Morgan fingerprint density at radius 1 is 1.47 bits per heavy atom. The molecular formula is C10H8N2O2S. The van der Waals surface area contributed by atoms with Crippen LogP contribution in [0.3, 0.4) is 0 Å². The normalized spacial score (nSPS) is 10.1. The zero-order valence-electron chi connectivity index (χ0n) is 7.75. The highest BCUT2D eigenvalue weighted by molar-refractivity contribution is 7.09. The lowest BCUT2D eigenvalue weighted by molar-refractivity contribution is 0.0696. The Kier molecular flexibility index (Phi) is 2.73. The van der Waals surface area contributed by atoms with Gasteiger partial charge >= 0.3 is 5.97 Å². The highest BCUT2D eigenvalue weighted by atomic mass is 32.1. The Morgan fingerprint density at radius 2 is 2.33 bits per heavy atom. The predicted molar refractivity (Wildman–Crippen MR) is 56.1 cm³/mol. The standard InChI is InChI=1S/C10H8N2O2S/c13-10(14)8-3-7(5-11-6-8)4-9-12-1-2-15-9/h1-3,5-6H,4H2,(H,13,14). The number of thiazole rings is 1. The molecule has 0 saturated carbocycles. The molecule has 2 aromatic heterocycles. The minimum absolute atomic E-state index is 0.212. The predicted octanol–water partition coefficient (Wildman–Crippen LogP) is 1.83. The van der Waals surface area contributed by atoms with Gasteiger partial charge in [-0.15, -0.1) is 11.3 Å². The number of rotatable bonds is 3. The molecule has 76 valence electrons. The quantitative estimate of drug-likeness (QED) is 0.857. The van der Waals surface area contributed by atoms with E-state index < -0.39 is 5.97 Å². The van der Waals surface area contributed by atoms with Crippen LogP contribution in [0.15, 0.2) is 30.0 Å². The van der Waals surface area contributed by atoms with Crippen LogP contribution in [0.2, 0.25) is 0 Å². The minimum atomic E-state index is -0.955. The third-order valence-electron chi connectivity index (χ3n) is 1.88. The summed E-state index contributed by atoms with van der Waals surface area (Å²) in [6, 6.07) is 1.62. The zero-order valence-corrected chi connectivity index (χ0v) is 8.57. The van der Waals surface area contributed by atoms with Crippen LogP contribution >= 0.6 is 11.3 Å². The molecule has 2 aromatic rings. The van der Waals surface area contributed by atoms with Gasteiger partial charge in [0, 0.05) is 30.4 Å². The van der Waals surface area contributed by atoms with Gasteiger partial charge in [0.05, 0.1) is 10.6 Å². The first-order valence-corrected chi connectivity index (χ1v) is 5.19. The Morgan fingerprint density at radius 3 is 3.00 bits per heavy atom. The smallest absolute Gasteiger partial charge is 0.337 e. The van der Waals surface area contributed by atoms with Crippen LogP contribution in [0.5, 0.6) is 0 Å². The molecule has 4 nitrogen and oxygen atoms in total. The van der Waals surface area contributed by atoms with Crippen molar-refractivity contribution in [3.05, 3.63) is 46.2 Å². The number of hydrogen-bond donors (Lipinski definition) is 1. The van der Waals surface area contributed by atoms with E-state index in [1.165, 1.54) is 6.20 Å². The lowest BCUT2D eigenvalue weighted by Gasteiger charge is -1.98. The third kappa shape index (κ3) is 2.38. The van der Waals surface area contributed by atoms with Gasteiger partial charge in [-0.2, -0.15) is 0 Å². The summed E-state index contributed by atoms with van der Waals surface area (Å²) in [5.74, 6) is -0.955. The van der Waals surface area contributed by atoms with Crippen LogP contribution in [-0.2, 0) is 6.42 Å². The number of nitrogens with zero attached hydrogens (tertiary/aromatic N) is 2. The van der Waals surface area contributed by atoms with E-state index in [0.717, 1.165) is 10.6 Å². The molecule has 0 radical (unpaired) electrons. The van der Waals surface area contributed by atoms with Crippen LogP contribution in [0, 0.1) is 0 Å². The first-order chi connectivity index (χ1) is 7.25. The summed E-state index contributed by atoms with van der Waals surface area (Å²) < 4.78 is 0. The van der Waals surface area contributed by atoms with E-state index >= 15 is 0 Å². The molecule has 1 N–H and O–H groups in total. The maximum Gasteiger partial charge on any atom is 0.337 e. The monoisotopic (exact) mass is 220 g/mol. The van der Waals surface area contributed by atoms with Gasteiger partial charge in [-0.25, -0.2) is 9.78 Å². The van der Waals surface area contributed by atoms with E-state index in [2.05, 4.69) is 9.97 Å². The topological polar surface area (TPSA) is 63.1 Å². The third-order valence-corrected chi connectivity index (χ3v) is 2.66. The first kappa shape index (κ1) is 9.79. The van der Waals surface area contributed by atoms with Crippen molar-refractivity contribution >= 4 is 17.3 Å². The van der Waals surface area contributed by atoms with Gasteiger partial charge < -0.3 is 5.11 Å². The minimum Gasteiger partial charge on any atom is -0.478 e. The van der Waals surface area contributed by atoms with Crippen molar-refractivity contribution in [1.82, 2.24) is 9.97 Å². The average Bonchev–Trinajstić information content (AvgIpc) is 2.71. The molecule has 0 fully saturated rings. The van der Waals surface area contributed by atoms with E-state index in [4.69, 9.17) is 5.11 Å². The van der Waals surface area contributed by atoms with E-state index in [9.17, 15) is 4.79 Å². The fraction of sp³-hybridized carbons (Fsp3) is 0.100. The van der Waals surface area contributed by atoms with Crippen LogP contribution in [0.25, 0.3) is 0 Å². The first-order valence-electron chi connectivity index (χ1n) is 4.31. The van der Waals surface area contributed by atoms with Crippen molar-refractivity contribution in [2.75, 3.05) is 0 Å². The molecule has 0 atom stereocenters. The van der Waals surface area contributed by atoms with Gasteiger partial charge in [-0.3, -0.25) is 4.98 Å². The molecule has 15 heavy (non-hydrogen) atoms. The van der Waals surface area contributed by atoms with Crippen molar-refractivity contribution in [3.8, 4) is 0 Å². The van der Waals surface area contributed by atoms with Crippen LogP contribution in [0.1, 0.15) is 20.9 Å². The number of hydrogen-bond acceptors (Lipinski definition) is 4. The SMILES string of the molecule is O=C(O)c1cncc(Cc2nccs2)c1. The van der Waals surface area contributed by atoms with Crippen LogP contribution in [0.4, 0.5) is 0 Å². The fourth-order valence-corrected chi connectivity index (χ4v) is 1.87. The Balaban J connectivity index is 2.22. The fourth-order valence-electron chi connectivity index (χ4n) is 1.22. The van der Waals surface area contributed by atoms with Gasteiger partial charge in [0.1, 0.15) is 0 Å². The molecule has 0 unspecified atom stereocenters. The van der Waals surface area contributed by atoms with Gasteiger partial charge in [0.2, 0.25) is 0 Å². The average molecular weight is 220 g/mol. The Labute approximate surface area is 90.3 Å². The summed E-state index contributed by atoms with van der Waals surface area (Å²) in [6.07, 6.45) is 5.36. The highest BCUT2D eigenvalue weighted by Crippen LogP contribution is 2.12. The summed E-state index contributed by atoms with van der Waals surface area (Å²) in [5.41, 5.74) is 1.08. The lowest BCUT2D eigenvalue weighted by Crippen LogP contribution is -1.99. The van der Waals surface area contributed by atoms with E-state index in [0.29, 0.717) is 6.42 Å². The molecule has 0 saturated heterocycles. The maximum absolute atomic E-state index is 10.7. The molecule has 0 spiro atoms. The summed E-state index contributed by atoms with van der Waals surface area (Å²) in [6.45, 7) is 0. The Hall–Kier alpha value is -1.75. The molecule has 0 bridgehead atoms. The number of carboxylic acids is 1. The van der Waals surface area contributed by atoms with Crippen LogP contribution in [-0.4, -0.2) is 21.0 Å². The molecule has 5 heteroatoms. The van der Waals surface area contributed by atoms with Crippen LogP contribution < -0.4 is 0 Å². The van der Waals surface area contributed by atoms with Gasteiger partial charge in [0.15, 0.2) is 0 Å². The number of pyridine rings is 1. The number of carboxylic acid groups (broad SMARTS) is 1. The number of aromatic nitrogens is 2. The van der Waals surface area contributed by atoms with Gasteiger partial charge in [0.25, 0.3) is 0 Å². The largest absolute Gasteiger partial charge is 0.478 e. The molecule has 0 aliphatic rings. The van der Waals surface area contributed by atoms with Crippen molar-refractivity contribution in [1.29, 1.82) is 0 Å². The van der Waals surface area contributed by atoms with E-state index in [1.807, 2.05) is 5.38 Å². The van der Waals surface area contributed by atoms with Crippen molar-refractivity contribution in [2.45, 2.75) is 6.42 Å². The molecule has 0 aliphatic carbocycles. The number of carbonyl (C=O) groups is 1. The van der Waals surface area contributed by atoms with Gasteiger partial charge in [-0.05, 0) is 11.6 Å². The Bertz CT molecular complexity index is 468. The number of aromatic carboxylic acids is 1. The summed E-state index contributed by atoms with van der Waals surface area (Å²) >= 11 is 1.55. The van der Waals surface area contributed by atoms with E-state index in [-0.39, 0.29) is 5.56 Å². The summed E-state index contributed by atoms with van der Waals surface area (Å²) in [7, 11) is 0. The molecule has 2 rings (SSSR count). The molecule has 0 aliphatic heterocycles. The second-order valence-electron chi connectivity index (χ2n) is 2.99. The molecule has 2 heterocycles.